The van der Waals surface area contributed by atoms with Crippen LogP contribution in [-0.4, -0.2) is 15.6 Å². The van der Waals surface area contributed by atoms with Crippen molar-refractivity contribution < 1.29 is 4.79 Å². The van der Waals surface area contributed by atoms with E-state index in [1.807, 2.05) is 18.2 Å². The number of rotatable bonds is 4. The van der Waals surface area contributed by atoms with Gasteiger partial charge in [0.2, 0.25) is 0 Å². The zero-order valence-electron chi connectivity index (χ0n) is 12.1. The molecule has 0 N–H and O–H groups in total. The lowest BCUT2D eigenvalue weighted by Gasteiger charge is -2.07. The first-order valence-corrected chi connectivity index (χ1v) is 7.43. The number of aromatic nitrogens is 2. The minimum absolute atomic E-state index is 0.0930. The summed E-state index contributed by atoms with van der Waals surface area (Å²) in [5.41, 5.74) is 1.68. The van der Waals surface area contributed by atoms with Crippen LogP contribution in [0.2, 0.25) is 5.02 Å². The Balaban J connectivity index is 1.91. The number of benzene rings is 2. The van der Waals surface area contributed by atoms with Crippen molar-refractivity contribution in [2.45, 2.75) is 6.54 Å². The van der Waals surface area contributed by atoms with E-state index in [1.165, 1.54) is 10.7 Å². The molecule has 0 aliphatic carbocycles. The van der Waals surface area contributed by atoms with Crippen molar-refractivity contribution in [1.82, 2.24) is 9.78 Å². The molecule has 0 amide bonds. The van der Waals surface area contributed by atoms with E-state index in [2.05, 4.69) is 5.10 Å². The minimum Gasteiger partial charge on any atom is -0.292 e. The molecule has 1 heterocycles. The number of carbonyl (C=O) groups excluding carboxylic acids is 1. The van der Waals surface area contributed by atoms with E-state index >= 15 is 0 Å². The van der Waals surface area contributed by atoms with Crippen LogP contribution in [0.1, 0.15) is 10.4 Å². The minimum atomic E-state index is -0.313. The van der Waals surface area contributed by atoms with Crippen molar-refractivity contribution in [2.75, 3.05) is 0 Å². The number of ketones is 1. The highest BCUT2D eigenvalue weighted by molar-refractivity contribution is 6.30. The summed E-state index contributed by atoms with van der Waals surface area (Å²) in [4.78, 5) is 24.2. The molecule has 0 spiro atoms. The lowest BCUT2D eigenvalue weighted by atomic mass is 10.1. The Labute approximate surface area is 138 Å². The Morgan fingerprint density at radius 3 is 2.35 bits per heavy atom. The average molecular weight is 325 g/mol. The third kappa shape index (κ3) is 3.55. The maximum Gasteiger partial charge on any atom is 0.267 e. The van der Waals surface area contributed by atoms with E-state index in [-0.39, 0.29) is 17.9 Å². The summed E-state index contributed by atoms with van der Waals surface area (Å²) in [6.45, 7) is -0.0930. The highest BCUT2D eigenvalue weighted by Gasteiger charge is 2.09. The fraction of sp³-hybridized carbons (Fsp3) is 0.0556. The van der Waals surface area contributed by atoms with Gasteiger partial charge in [0.15, 0.2) is 5.78 Å². The maximum atomic E-state index is 12.2. The number of hydrogen-bond donors (Lipinski definition) is 0. The lowest BCUT2D eigenvalue weighted by molar-refractivity contribution is 0.0966. The van der Waals surface area contributed by atoms with Gasteiger partial charge in [0.25, 0.3) is 5.56 Å². The van der Waals surface area contributed by atoms with Crippen LogP contribution < -0.4 is 5.56 Å². The molecule has 0 aliphatic rings. The molecular weight excluding hydrogens is 312 g/mol. The van der Waals surface area contributed by atoms with E-state index in [0.29, 0.717) is 16.3 Å². The van der Waals surface area contributed by atoms with Crippen molar-refractivity contribution >= 4 is 17.4 Å². The second-order valence-corrected chi connectivity index (χ2v) is 5.45. The zero-order chi connectivity index (χ0) is 16.2. The number of hydrogen-bond acceptors (Lipinski definition) is 3. The predicted molar refractivity (Wildman–Crippen MR) is 89.7 cm³/mol. The maximum absolute atomic E-state index is 12.2. The molecule has 3 rings (SSSR count). The van der Waals surface area contributed by atoms with E-state index in [1.54, 1.807) is 42.5 Å². The molecule has 2 aromatic carbocycles. The van der Waals surface area contributed by atoms with Gasteiger partial charge in [0.1, 0.15) is 6.54 Å². The van der Waals surface area contributed by atoms with E-state index < -0.39 is 0 Å². The van der Waals surface area contributed by atoms with Crippen molar-refractivity contribution in [3.05, 3.63) is 87.7 Å². The molecule has 23 heavy (non-hydrogen) atoms. The topological polar surface area (TPSA) is 52.0 Å². The highest BCUT2D eigenvalue weighted by Crippen LogP contribution is 2.18. The smallest absolute Gasteiger partial charge is 0.267 e. The van der Waals surface area contributed by atoms with E-state index in [0.717, 1.165) is 5.56 Å². The largest absolute Gasteiger partial charge is 0.292 e. The molecule has 0 saturated heterocycles. The lowest BCUT2D eigenvalue weighted by Crippen LogP contribution is -2.26. The number of carbonyl (C=O) groups is 1. The number of halogens is 1. The molecule has 0 saturated carbocycles. The summed E-state index contributed by atoms with van der Waals surface area (Å²) in [7, 11) is 0. The number of Topliss-reactive ketones (excluding diaryl/α,β-unsaturated/α-hetero) is 1. The van der Waals surface area contributed by atoms with Gasteiger partial charge in [0.05, 0.1) is 5.69 Å². The van der Waals surface area contributed by atoms with Crippen LogP contribution in [0.5, 0.6) is 0 Å². The zero-order valence-corrected chi connectivity index (χ0v) is 12.9. The van der Waals surface area contributed by atoms with Gasteiger partial charge >= 0.3 is 0 Å². The quantitative estimate of drug-likeness (QED) is 0.691. The predicted octanol–water partition coefficient (Wildman–Crippen LogP) is 3.45. The highest BCUT2D eigenvalue weighted by atomic mass is 35.5. The molecule has 3 aromatic rings. The van der Waals surface area contributed by atoms with Crippen molar-refractivity contribution in [2.24, 2.45) is 0 Å². The van der Waals surface area contributed by atoms with Crippen molar-refractivity contribution in [3.8, 4) is 11.3 Å². The van der Waals surface area contributed by atoms with Gasteiger partial charge in [-0.1, -0.05) is 54.1 Å². The third-order valence-electron chi connectivity index (χ3n) is 3.40. The molecule has 1 aromatic heterocycles. The van der Waals surface area contributed by atoms with Crippen LogP contribution in [0.25, 0.3) is 11.3 Å². The average Bonchev–Trinajstić information content (AvgIpc) is 2.58. The SMILES string of the molecule is O=C(Cn1nc(-c2ccc(Cl)cc2)ccc1=O)c1ccccc1. The first-order chi connectivity index (χ1) is 11.1. The van der Waals surface area contributed by atoms with Gasteiger partial charge in [0, 0.05) is 22.2 Å². The summed E-state index contributed by atoms with van der Waals surface area (Å²) in [5, 5.41) is 4.90. The second-order valence-electron chi connectivity index (χ2n) is 5.01. The van der Waals surface area contributed by atoms with Crippen LogP contribution in [0.3, 0.4) is 0 Å². The van der Waals surface area contributed by atoms with Gasteiger partial charge in [-0.3, -0.25) is 9.59 Å². The Morgan fingerprint density at radius 2 is 1.65 bits per heavy atom. The van der Waals surface area contributed by atoms with Crippen LogP contribution in [0.15, 0.2) is 71.5 Å². The van der Waals surface area contributed by atoms with Crippen molar-refractivity contribution in [3.63, 3.8) is 0 Å². The van der Waals surface area contributed by atoms with Crippen LogP contribution in [-0.2, 0) is 6.54 Å². The van der Waals surface area contributed by atoms with Gasteiger partial charge in [-0.25, -0.2) is 4.68 Å². The van der Waals surface area contributed by atoms with Crippen LogP contribution >= 0.6 is 11.6 Å². The summed E-state index contributed by atoms with van der Waals surface area (Å²) in [5.74, 6) is -0.159. The van der Waals surface area contributed by atoms with E-state index in [4.69, 9.17) is 11.6 Å². The summed E-state index contributed by atoms with van der Waals surface area (Å²) in [6, 6.07) is 19.0. The molecule has 114 valence electrons. The molecule has 5 heteroatoms. The molecule has 0 aliphatic heterocycles. The fourth-order valence-electron chi connectivity index (χ4n) is 2.19. The summed E-state index contributed by atoms with van der Waals surface area (Å²) in [6.07, 6.45) is 0. The van der Waals surface area contributed by atoms with E-state index in [9.17, 15) is 9.59 Å². The first-order valence-electron chi connectivity index (χ1n) is 7.06. The van der Waals surface area contributed by atoms with Crippen LogP contribution in [0.4, 0.5) is 0 Å². The normalized spacial score (nSPS) is 10.5. The summed E-state index contributed by atoms with van der Waals surface area (Å²) >= 11 is 5.87. The monoisotopic (exact) mass is 324 g/mol. The Morgan fingerprint density at radius 1 is 0.957 bits per heavy atom. The van der Waals surface area contributed by atoms with Crippen molar-refractivity contribution in [1.29, 1.82) is 0 Å². The van der Waals surface area contributed by atoms with Gasteiger partial charge in [-0.15, -0.1) is 0 Å². The summed E-state index contributed by atoms with van der Waals surface area (Å²) < 4.78 is 1.18. The molecular formula is C18H13ClN2O2. The molecule has 0 atom stereocenters. The first kappa shape index (κ1) is 15.2. The second kappa shape index (κ2) is 6.58. The fourth-order valence-corrected chi connectivity index (χ4v) is 2.31. The molecule has 0 radical (unpaired) electrons. The molecule has 0 fully saturated rings. The van der Waals surface area contributed by atoms with Gasteiger partial charge in [-0.05, 0) is 18.2 Å². The molecule has 0 bridgehead atoms. The Kier molecular flexibility index (Phi) is 4.35. The molecule has 0 unspecified atom stereocenters. The third-order valence-corrected chi connectivity index (χ3v) is 3.65. The Bertz CT molecular complexity index is 887. The van der Waals surface area contributed by atoms with Gasteiger partial charge < -0.3 is 0 Å². The van der Waals surface area contributed by atoms with Gasteiger partial charge in [-0.2, -0.15) is 5.10 Å². The van der Waals surface area contributed by atoms with Crippen LogP contribution in [0, 0.1) is 0 Å². The Hall–Kier alpha value is -2.72. The standard InChI is InChI=1S/C18H13ClN2O2/c19-15-8-6-13(7-9-15)16-10-11-18(23)21(20-16)12-17(22)14-4-2-1-3-5-14/h1-11H,12H2. The number of nitrogens with zero attached hydrogens (tertiary/aromatic N) is 2. The molecule has 4 nitrogen and oxygen atoms in total.